The molecule has 468 valence electrons. The molecular weight excluding hydrogens is 981 g/mol. The summed E-state index contributed by atoms with van der Waals surface area (Å²) >= 11 is 0. The minimum atomic E-state index is -0.773. The van der Waals surface area contributed by atoms with Crippen molar-refractivity contribution in [2.75, 3.05) is 13.2 Å². The maximum Gasteiger partial charge on any atom is 0.306 e. The SMILES string of the molecule is CC/C=C\C/C=C\C/C=C\C/C=C\CCCCCCCCCCCCCCCCC(=O)OC(CO)COC(=O)CCCCCCCCCCCCCCCCCCCCCCCCCCCCC/C=C\CCCCCCCCCC. The topological polar surface area (TPSA) is 72.8 Å². The Balaban J connectivity index is 3.38. The molecule has 1 N–H and O–H groups in total. The number of unbranched alkanes of at least 4 members (excludes halogenated alkanes) is 49. The smallest absolute Gasteiger partial charge is 0.306 e. The predicted octanol–water partition coefficient (Wildman–Crippen LogP) is 24.9. The second kappa shape index (κ2) is 70.9. The standard InChI is InChI=1S/C75H138O5/c1-3-5-7-9-11-13-15-17-19-21-23-25-27-29-31-32-33-34-35-36-37-38-39-40-41-42-44-45-47-49-51-53-55-57-59-61-63-65-67-69-74(77)79-72-73(71-76)80-75(78)70-68-66-64-62-60-58-56-54-52-50-48-46-43-30-28-26-24-22-20-18-16-14-12-10-8-6-4-2/h6,8,12,14,18,20-21,23-24,26,73,76H,3-5,7,9-11,13,15-17,19,22,25,27-72H2,1-2H3/b8-6-,14-12-,20-18-,23-21-,26-24-. The molecule has 0 aromatic rings. The fourth-order valence-electron chi connectivity index (χ4n) is 11.0. The maximum absolute atomic E-state index is 12.4. The number of aliphatic hydroxyl groups is 1. The van der Waals surface area contributed by atoms with Gasteiger partial charge in [-0.2, -0.15) is 0 Å². The van der Waals surface area contributed by atoms with Gasteiger partial charge in [-0.05, 0) is 77.0 Å². The van der Waals surface area contributed by atoms with Crippen molar-refractivity contribution in [3.8, 4) is 0 Å². The molecule has 0 aromatic heterocycles. The Morgan fingerprint density at radius 3 is 0.825 bits per heavy atom. The van der Waals surface area contributed by atoms with Crippen LogP contribution in [-0.4, -0.2) is 36.4 Å². The number of esters is 2. The number of allylic oxidation sites excluding steroid dienone is 10. The van der Waals surface area contributed by atoms with Gasteiger partial charge in [-0.3, -0.25) is 9.59 Å². The first-order valence-electron chi connectivity index (χ1n) is 35.8. The molecule has 0 saturated heterocycles. The molecule has 80 heavy (non-hydrogen) atoms. The van der Waals surface area contributed by atoms with E-state index in [0.29, 0.717) is 12.8 Å². The highest BCUT2D eigenvalue weighted by atomic mass is 16.6. The summed E-state index contributed by atoms with van der Waals surface area (Å²) in [4.78, 5) is 24.7. The molecule has 0 amide bonds. The van der Waals surface area contributed by atoms with Crippen LogP contribution >= 0.6 is 0 Å². The van der Waals surface area contributed by atoms with Gasteiger partial charge >= 0.3 is 11.9 Å². The summed E-state index contributed by atoms with van der Waals surface area (Å²) in [6, 6.07) is 0. The lowest BCUT2D eigenvalue weighted by Crippen LogP contribution is -2.28. The molecule has 0 aliphatic heterocycles. The number of carbonyl (C=O) groups is 2. The van der Waals surface area contributed by atoms with Gasteiger partial charge in [0.25, 0.3) is 0 Å². The van der Waals surface area contributed by atoms with E-state index >= 15 is 0 Å². The Morgan fingerprint density at radius 2 is 0.537 bits per heavy atom. The Bertz CT molecular complexity index is 1360. The Morgan fingerprint density at radius 1 is 0.300 bits per heavy atom. The summed E-state index contributed by atoms with van der Waals surface area (Å²) in [5, 5.41) is 9.70. The lowest BCUT2D eigenvalue weighted by molar-refractivity contribution is -0.161. The molecule has 0 aliphatic rings. The quantitative estimate of drug-likeness (QED) is 0.0373. The summed E-state index contributed by atoms with van der Waals surface area (Å²) in [6.45, 7) is 4.08. The second-order valence-electron chi connectivity index (χ2n) is 24.3. The van der Waals surface area contributed by atoms with Crippen molar-refractivity contribution in [2.45, 2.75) is 392 Å². The van der Waals surface area contributed by atoms with Crippen LogP contribution in [0.25, 0.3) is 0 Å². The first-order chi connectivity index (χ1) is 39.6. The Kier molecular flexibility index (Phi) is 68.7. The number of hydrogen-bond donors (Lipinski definition) is 1. The molecule has 0 spiro atoms. The summed E-state index contributed by atoms with van der Waals surface area (Å²) < 4.78 is 10.8. The van der Waals surface area contributed by atoms with Crippen LogP contribution in [0.3, 0.4) is 0 Å². The molecule has 0 radical (unpaired) electrons. The highest BCUT2D eigenvalue weighted by molar-refractivity contribution is 5.70. The van der Waals surface area contributed by atoms with Crippen LogP contribution in [0.5, 0.6) is 0 Å². The van der Waals surface area contributed by atoms with Crippen molar-refractivity contribution in [1.29, 1.82) is 0 Å². The minimum absolute atomic E-state index is 0.0623. The largest absolute Gasteiger partial charge is 0.462 e. The third-order valence-corrected chi connectivity index (χ3v) is 16.3. The van der Waals surface area contributed by atoms with E-state index in [0.717, 1.165) is 64.2 Å². The number of ether oxygens (including phenoxy) is 2. The number of carbonyl (C=O) groups excluding carboxylic acids is 2. The van der Waals surface area contributed by atoms with E-state index < -0.39 is 6.10 Å². The molecule has 1 unspecified atom stereocenters. The molecule has 1 atom stereocenters. The zero-order valence-corrected chi connectivity index (χ0v) is 53.9. The molecule has 5 heteroatoms. The molecule has 0 aromatic carbocycles. The van der Waals surface area contributed by atoms with Crippen LogP contribution < -0.4 is 0 Å². The van der Waals surface area contributed by atoms with Crippen LogP contribution in [0.2, 0.25) is 0 Å². The van der Waals surface area contributed by atoms with E-state index in [1.54, 1.807) is 0 Å². The molecule has 0 bridgehead atoms. The monoisotopic (exact) mass is 1120 g/mol. The predicted molar refractivity (Wildman–Crippen MR) is 353 cm³/mol. The number of hydrogen-bond acceptors (Lipinski definition) is 5. The van der Waals surface area contributed by atoms with E-state index in [-0.39, 0.29) is 25.2 Å². The lowest BCUT2D eigenvalue weighted by atomic mass is 10.0. The molecular formula is C75H138O5. The average Bonchev–Trinajstić information content (AvgIpc) is 3.46. The highest BCUT2D eigenvalue weighted by Crippen LogP contribution is 2.19. The van der Waals surface area contributed by atoms with Gasteiger partial charge in [-0.25, -0.2) is 0 Å². The Hall–Kier alpha value is -2.40. The Labute approximate surface area is 500 Å². The van der Waals surface area contributed by atoms with Gasteiger partial charge in [0.1, 0.15) is 6.61 Å². The molecule has 0 aliphatic carbocycles. The van der Waals surface area contributed by atoms with Crippen LogP contribution in [0, 0.1) is 0 Å². The fourth-order valence-corrected chi connectivity index (χ4v) is 11.0. The first-order valence-corrected chi connectivity index (χ1v) is 35.8. The summed E-state index contributed by atoms with van der Waals surface area (Å²) in [5.74, 6) is -0.572. The van der Waals surface area contributed by atoms with Crippen molar-refractivity contribution in [3.63, 3.8) is 0 Å². The molecule has 0 rings (SSSR count). The normalized spacial score (nSPS) is 12.5. The molecule has 5 nitrogen and oxygen atoms in total. The van der Waals surface area contributed by atoms with Gasteiger partial charge in [0.2, 0.25) is 0 Å². The third-order valence-electron chi connectivity index (χ3n) is 16.3. The summed E-state index contributed by atoms with van der Waals surface area (Å²) in [5.41, 5.74) is 0. The first kappa shape index (κ1) is 77.6. The molecule has 0 heterocycles. The van der Waals surface area contributed by atoms with E-state index in [2.05, 4.69) is 74.6 Å². The lowest BCUT2D eigenvalue weighted by Gasteiger charge is -2.15. The van der Waals surface area contributed by atoms with E-state index in [1.165, 1.54) is 295 Å². The van der Waals surface area contributed by atoms with Crippen molar-refractivity contribution in [2.24, 2.45) is 0 Å². The van der Waals surface area contributed by atoms with E-state index in [1.807, 2.05) is 0 Å². The number of rotatable bonds is 67. The van der Waals surface area contributed by atoms with Gasteiger partial charge in [0.15, 0.2) is 6.10 Å². The summed E-state index contributed by atoms with van der Waals surface area (Å²) in [7, 11) is 0. The van der Waals surface area contributed by atoms with Crippen molar-refractivity contribution < 1.29 is 24.2 Å². The van der Waals surface area contributed by atoms with Crippen molar-refractivity contribution >= 4 is 11.9 Å². The van der Waals surface area contributed by atoms with Gasteiger partial charge in [-0.15, -0.1) is 0 Å². The highest BCUT2D eigenvalue weighted by Gasteiger charge is 2.16. The van der Waals surface area contributed by atoms with Gasteiger partial charge in [0, 0.05) is 12.8 Å². The van der Waals surface area contributed by atoms with Crippen LogP contribution in [0.1, 0.15) is 386 Å². The van der Waals surface area contributed by atoms with Crippen molar-refractivity contribution in [3.05, 3.63) is 60.8 Å². The maximum atomic E-state index is 12.4. The zero-order valence-electron chi connectivity index (χ0n) is 53.9. The van der Waals surface area contributed by atoms with E-state index in [9.17, 15) is 14.7 Å². The van der Waals surface area contributed by atoms with Crippen LogP contribution in [0.15, 0.2) is 60.8 Å². The van der Waals surface area contributed by atoms with E-state index in [4.69, 9.17) is 9.47 Å². The van der Waals surface area contributed by atoms with Crippen LogP contribution in [-0.2, 0) is 19.1 Å². The summed E-state index contributed by atoms with van der Waals surface area (Å²) in [6.07, 6.45) is 97.0. The average molecular weight is 1120 g/mol. The zero-order chi connectivity index (χ0) is 57.6. The fraction of sp³-hybridized carbons (Fsp3) is 0.840. The third kappa shape index (κ3) is 68.1. The molecule has 0 saturated carbocycles. The van der Waals surface area contributed by atoms with Gasteiger partial charge in [-0.1, -0.05) is 357 Å². The van der Waals surface area contributed by atoms with Crippen molar-refractivity contribution in [1.82, 2.24) is 0 Å². The van der Waals surface area contributed by atoms with Crippen LogP contribution in [0.4, 0.5) is 0 Å². The van der Waals surface area contributed by atoms with Gasteiger partial charge in [0.05, 0.1) is 6.61 Å². The second-order valence-corrected chi connectivity index (χ2v) is 24.3. The number of aliphatic hydroxyl groups excluding tert-OH is 1. The molecule has 0 fully saturated rings. The minimum Gasteiger partial charge on any atom is -0.462 e. The van der Waals surface area contributed by atoms with Gasteiger partial charge < -0.3 is 14.6 Å².